The molecule has 1 aliphatic rings. The van der Waals surface area contributed by atoms with E-state index < -0.39 is 0 Å². The molecule has 7 nitrogen and oxygen atoms in total. The van der Waals surface area contributed by atoms with Crippen LogP contribution in [0.15, 0.2) is 68.9 Å². The number of piperidine rings is 1. The van der Waals surface area contributed by atoms with Crippen molar-refractivity contribution in [1.29, 1.82) is 0 Å². The van der Waals surface area contributed by atoms with Gasteiger partial charge < -0.3 is 10.6 Å². The number of anilines is 1. The molecule has 7 heteroatoms. The maximum Gasteiger partial charge on any atom is 0.0770 e. The minimum atomic E-state index is 0.441. The lowest BCUT2D eigenvalue weighted by molar-refractivity contribution is 0.343. The first-order valence-electron chi connectivity index (χ1n) is 11.5. The zero-order chi connectivity index (χ0) is 23.7. The quantitative estimate of drug-likeness (QED) is 0.416. The van der Waals surface area contributed by atoms with Gasteiger partial charge in [0.05, 0.1) is 29.6 Å². The zero-order valence-electron chi connectivity index (χ0n) is 19.5. The van der Waals surface area contributed by atoms with E-state index >= 15 is 0 Å². The number of rotatable bonds is 7. The second-order valence-electron chi connectivity index (χ2n) is 8.68. The van der Waals surface area contributed by atoms with E-state index in [0.29, 0.717) is 6.04 Å². The lowest BCUT2D eigenvalue weighted by Crippen LogP contribution is -2.29. The van der Waals surface area contributed by atoms with Gasteiger partial charge in [0, 0.05) is 46.7 Å². The smallest absolute Gasteiger partial charge is 0.0770 e. The number of aromatic nitrogens is 5. The third-order valence-electron chi connectivity index (χ3n) is 6.46. The number of nitrogens with zero attached hydrogens (tertiary/aromatic N) is 5. The first kappa shape index (κ1) is 21.9. The third-order valence-corrected chi connectivity index (χ3v) is 6.46. The van der Waals surface area contributed by atoms with Crippen molar-refractivity contribution in [3.05, 3.63) is 96.9 Å². The molecule has 0 amide bonds. The summed E-state index contributed by atoms with van der Waals surface area (Å²) < 4.78 is 3.90. The molecule has 172 valence electrons. The maximum absolute atomic E-state index is 4.63. The molecule has 5 heterocycles. The van der Waals surface area contributed by atoms with E-state index in [9.17, 15) is 0 Å². The molecule has 0 saturated carbocycles. The second-order valence-corrected chi connectivity index (χ2v) is 8.68. The minimum Gasteiger partial charge on any atom is -0.353 e. The Balaban J connectivity index is 1.37. The fourth-order valence-electron chi connectivity index (χ4n) is 4.42. The van der Waals surface area contributed by atoms with Crippen molar-refractivity contribution < 1.29 is 0 Å². The Morgan fingerprint density at radius 2 is 1.94 bits per heavy atom. The summed E-state index contributed by atoms with van der Waals surface area (Å²) in [5.41, 5.74) is 8.39. The molecule has 1 aliphatic heterocycles. The summed E-state index contributed by atoms with van der Waals surface area (Å²) in [6.45, 7) is 16.6. The normalized spacial score (nSPS) is 14.3. The Labute approximate surface area is 199 Å². The topological polar surface area (TPSA) is 72.1 Å². The first-order valence-corrected chi connectivity index (χ1v) is 11.5. The van der Waals surface area contributed by atoms with Crippen molar-refractivity contribution in [2.45, 2.75) is 25.8 Å². The Hall–Kier alpha value is -3.97. The predicted octanol–water partition coefficient (Wildman–Crippen LogP) is 4.95. The van der Waals surface area contributed by atoms with E-state index in [1.165, 1.54) is 0 Å². The average Bonchev–Trinajstić information content (AvgIpc) is 3.51. The van der Waals surface area contributed by atoms with Crippen molar-refractivity contribution in [2.75, 3.05) is 18.4 Å². The Morgan fingerprint density at radius 3 is 2.74 bits per heavy atom. The molecule has 34 heavy (non-hydrogen) atoms. The van der Waals surface area contributed by atoms with E-state index in [1.807, 2.05) is 48.4 Å². The van der Waals surface area contributed by atoms with Gasteiger partial charge >= 0.3 is 0 Å². The number of aryl methyl sites for hydroxylation is 1. The molecule has 4 aromatic rings. The summed E-state index contributed by atoms with van der Waals surface area (Å²) in [5.74, 6) is 0. The molecule has 0 unspecified atom stereocenters. The fraction of sp³-hybridized carbons (Fsp3) is 0.222. The molecule has 0 atom stereocenters. The van der Waals surface area contributed by atoms with E-state index in [2.05, 4.69) is 68.6 Å². The third kappa shape index (κ3) is 4.18. The van der Waals surface area contributed by atoms with Gasteiger partial charge in [-0.15, -0.1) is 0 Å². The van der Waals surface area contributed by atoms with Gasteiger partial charge in [-0.2, -0.15) is 10.2 Å². The molecule has 0 aliphatic carbocycles. The average molecular weight is 452 g/mol. The maximum atomic E-state index is 4.63. The second kappa shape index (κ2) is 9.11. The molecular formula is C27H29N7. The molecule has 5 rings (SSSR count). The molecule has 0 spiro atoms. The van der Waals surface area contributed by atoms with Crippen molar-refractivity contribution in [3.8, 4) is 0 Å². The highest BCUT2D eigenvalue weighted by molar-refractivity contribution is 5.84. The summed E-state index contributed by atoms with van der Waals surface area (Å²) in [7, 11) is 0. The number of pyridine rings is 2. The summed E-state index contributed by atoms with van der Waals surface area (Å²) in [6.07, 6.45) is 13.5. The van der Waals surface area contributed by atoms with Crippen LogP contribution < -0.4 is 10.6 Å². The molecule has 0 radical (unpaired) electrons. The highest BCUT2D eigenvalue weighted by Gasteiger charge is 2.16. The van der Waals surface area contributed by atoms with E-state index in [-0.39, 0.29) is 0 Å². The fourth-order valence-corrected chi connectivity index (χ4v) is 4.42. The Bertz CT molecular complexity index is 1390. The van der Waals surface area contributed by atoms with Gasteiger partial charge in [-0.3, -0.25) is 9.67 Å². The SMILES string of the molecule is C=Cc1cnn2ccc(C(=C)c3cc(C(=C)Nc4cnn(C5CCNCC5)c4)cnc3C)cc12. The number of hydrogen-bond acceptors (Lipinski definition) is 5. The van der Waals surface area contributed by atoms with Crippen LogP contribution in [0.25, 0.3) is 22.9 Å². The van der Waals surface area contributed by atoms with Gasteiger partial charge in [0.15, 0.2) is 0 Å². The van der Waals surface area contributed by atoms with E-state index in [1.54, 1.807) is 0 Å². The van der Waals surface area contributed by atoms with E-state index in [4.69, 9.17) is 0 Å². The van der Waals surface area contributed by atoms with Crippen LogP contribution in [-0.4, -0.2) is 37.5 Å². The number of fused-ring (bicyclic) bond motifs is 1. The van der Waals surface area contributed by atoms with Crippen LogP contribution in [0.2, 0.25) is 0 Å². The van der Waals surface area contributed by atoms with Crippen molar-refractivity contribution in [1.82, 2.24) is 29.7 Å². The lowest BCUT2D eigenvalue weighted by Gasteiger charge is -2.22. The van der Waals surface area contributed by atoms with Crippen LogP contribution in [0.5, 0.6) is 0 Å². The molecule has 2 N–H and O–H groups in total. The monoisotopic (exact) mass is 451 g/mol. The summed E-state index contributed by atoms with van der Waals surface area (Å²) in [4.78, 5) is 4.63. The van der Waals surface area contributed by atoms with Crippen LogP contribution in [-0.2, 0) is 0 Å². The van der Waals surface area contributed by atoms with Crippen LogP contribution in [0.4, 0.5) is 5.69 Å². The standard InChI is InChI=1S/C27H29N7/c1-5-21-15-30-33-11-8-22(13-27(21)33)18(2)26-12-23(14-29-20(26)4)19(3)32-24-16-31-34(17-24)25-6-9-28-10-7-25/h5,8,11-17,25,28,32H,1-3,6-7,9-10H2,4H3. The lowest BCUT2D eigenvalue weighted by atomic mass is 9.97. The molecule has 1 fully saturated rings. The molecule has 4 aromatic heterocycles. The van der Waals surface area contributed by atoms with Gasteiger partial charge in [-0.05, 0) is 62.2 Å². The largest absolute Gasteiger partial charge is 0.353 e. The van der Waals surface area contributed by atoms with E-state index in [0.717, 1.165) is 76.4 Å². The molecular weight excluding hydrogens is 422 g/mol. The molecule has 1 saturated heterocycles. The number of hydrogen-bond donors (Lipinski definition) is 2. The molecule has 0 bridgehead atoms. The van der Waals surface area contributed by atoms with Gasteiger partial charge in [-0.1, -0.05) is 25.8 Å². The Morgan fingerprint density at radius 1 is 1.12 bits per heavy atom. The first-order chi connectivity index (χ1) is 16.5. The van der Waals surface area contributed by atoms with Crippen molar-refractivity contribution >= 4 is 28.6 Å². The van der Waals surface area contributed by atoms with Gasteiger partial charge in [-0.25, -0.2) is 4.52 Å². The van der Waals surface area contributed by atoms with Crippen LogP contribution in [0, 0.1) is 6.92 Å². The highest BCUT2D eigenvalue weighted by Crippen LogP contribution is 2.28. The molecule has 0 aromatic carbocycles. The Kier molecular flexibility index (Phi) is 5.86. The van der Waals surface area contributed by atoms with Crippen molar-refractivity contribution in [2.24, 2.45) is 0 Å². The van der Waals surface area contributed by atoms with Crippen LogP contribution in [0.1, 0.15) is 46.8 Å². The van der Waals surface area contributed by atoms with Crippen LogP contribution in [0.3, 0.4) is 0 Å². The number of nitrogens with one attached hydrogen (secondary N) is 2. The summed E-state index contributed by atoms with van der Waals surface area (Å²) >= 11 is 0. The highest BCUT2D eigenvalue weighted by atomic mass is 15.3. The predicted molar refractivity (Wildman–Crippen MR) is 138 cm³/mol. The summed E-state index contributed by atoms with van der Waals surface area (Å²) in [6, 6.07) is 6.63. The van der Waals surface area contributed by atoms with Gasteiger partial charge in [0.1, 0.15) is 0 Å². The minimum absolute atomic E-state index is 0.441. The van der Waals surface area contributed by atoms with Gasteiger partial charge in [0.2, 0.25) is 0 Å². The summed E-state index contributed by atoms with van der Waals surface area (Å²) in [5, 5.41) is 15.7. The van der Waals surface area contributed by atoms with Gasteiger partial charge in [0.25, 0.3) is 0 Å². The zero-order valence-corrected chi connectivity index (χ0v) is 19.5. The van der Waals surface area contributed by atoms with Crippen LogP contribution >= 0.6 is 0 Å². The van der Waals surface area contributed by atoms with Crippen molar-refractivity contribution in [3.63, 3.8) is 0 Å².